The Bertz CT molecular complexity index is 680. The Labute approximate surface area is 136 Å². The van der Waals surface area contributed by atoms with Crippen LogP contribution in [0.1, 0.15) is 42.3 Å². The van der Waals surface area contributed by atoms with Crippen molar-refractivity contribution in [2.75, 3.05) is 13.7 Å². The van der Waals surface area contributed by atoms with Gasteiger partial charge in [-0.2, -0.15) is 0 Å². The molecule has 0 saturated carbocycles. The van der Waals surface area contributed by atoms with Crippen LogP contribution in [0.2, 0.25) is 0 Å². The Balaban J connectivity index is 1.65. The van der Waals surface area contributed by atoms with Crippen molar-refractivity contribution >= 4 is 5.91 Å². The van der Waals surface area contributed by atoms with Crippen molar-refractivity contribution in [1.29, 1.82) is 0 Å². The summed E-state index contributed by atoms with van der Waals surface area (Å²) in [5, 5.41) is 4.09. The fourth-order valence-corrected chi connectivity index (χ4v) is 3.21. The molecule has 0 unspecified atom stereocenters. The van der Waals surface area contributed by atoms with Crippen molar-refractivity contribution in [2.45, 2.75) is 38.6 Å². The monoisotopic (exact) mass is 314 g/mol. The van der Waals surface area contributed by atoms with E-state index in [2.05, 4.69) is 5.16 Å². The average Bonchev–Trinajstić information content (AvgIpc) is 3.21. The highest BCUT2D eigenvalue weighted by Gasteiger charge is 2.31. The Hall–Kier alpha value is -2.30. The van der Waals surface area contributed by atoms with Crippen molar-refractivity contribution < 1.29 is 14.1 Å². The number of amides is 1. The zero-order valence-electron chi connectivity index (χ0n) is 13.6. The third-order valence-electron chi connectivity index (χ3n) is 4.36. The van der Waals surface area contributed by atoms with E-state index >= 15 is 0 Å². The number of aryl methyl sites for hydroxylation is 2. The van der Waals surface area contributed by atoms with E-state index in [-0.39, 0.29) is 11.9 Å². The van der Waals surface area contributed by atoms with Gasteiger partial charge in [0.25, 0.3) is 0 Å². The maximum absolute atomic E-state index is 12.6. The van der Waals surface area contributed by atoms with Crippen LogP contribution in [0.15, 0.2) is 34.9 Å². The average molecular weight is 314 g/mol. The number of aromatic nitrogens is 1. The second-order valence-electron chi connectivity index (χ2n) is 5.92. The quantitative estimate of drug-likeness (QED) is 0.850. The van der Waals surface area contributed by atoms with Crippen LogP contribution in [0.25, 0.3) is 0 Å². The molecular formula is C18H22N2O3. The number of rotatable bonds is 5. The molecule has 2 aromatic rings. The zero-order valence-corrected chi connectivity index (χ0v) is 13.6. The largest absolute Gasteiger partial charge is 0.496 e. The molecular weight excluding hydrogens is 292 g/mol. The number of nitrogens with zero attached hydrogens (tertiary/aromatic N) is 2. The van der Waals surface area contributed by atoms with Crippen molar-refractivity contribution in [3.8, 4) is 5.75 Å². The predicted molar refractivity (Wildman–Crippen MR) is 86.2 cm³/mol. The lowest BCUT2D eigenvalue weighted by molar-refractivity contribution is -0.132. The molecule has 1 aliphatic rings. The molecule has 0 radical (unpaired) electrons. The number of carbonyl (C=O) groups is 1. The molecule has 0 spiro atoms. The number of ether oxygens (including phenoxy) is 1. The summed E-state index contributed by atoms with van der Waals surface area (Å²) in [4.78, 5) is 14.6. The molecule has 0 N–H and O–H groups in total. The maximum atomic E-state index is 12.6. The van der Waals surface area contributed by atoms with Gasteiger partial charge in [-0.05, 0) is 37.8 Å². The Morgan fingerprint density at radius 1 is 1.43 bits per heavy atom. The van der Waals surface area contributed by atoms with Gasteiger partial charge in [-0.1, -0.05) is 23.4 Å². The minimum atomic E-state index is 0.0534. The summed E-state index contributed by atoms with van der Waals surface area (Å²) in [5.74, 6) is 1.79. The summed E-state index contributed by atoms with van der Waals surface area (Å²) in [6.07, 6.45) is 3.13. The van der Waals surface area contributed by atoms with Crippen molar-refractivity contribution in [2.24, 2.45) is 0 Å². The number of hydrogen-bond acceptors (Lipinski definition) is 4. The summed E-state index contributed by atoms with van der Waals surface area (Å²) >= 11 is 0. The number of benzene rings is 1. The molecule has 1 aliphatic heterocycles. The van der Waals surface area contributed by atoms with E-state index in [1.54, 1.807) is 7.11 Å². The van der Waals surface area contributed by atoms with Crippen LogP contribution in [0.4, 0.5) is 0 Å². The molecule has 1 amide bonds. The molecule has 1 aromatic carbocycles. The summed E-state index contributed by atoms with van der Waals surface area (Å²) < 4.78 is 10.5. The summed E-state index contributed by atoms with van der Waals surface area (Å²) in [7, 11) is 1.66. The Kier molecular flexibility index (Phi) is 4.65. The first-order chi connectivity index (χ1) is 11.2. The number of likely N-dealkylation sites (tertiary alicyclic amines) is 1. The van der Waals surface area contributed by atoms with Crippen LogP contribution in [0.5, 0.6) is 5.75 Å². The second-order valence-corrected chi connectivity index (χ2v) is 5.92. The van der Waals surface area contributed by atoms with Gasteiger partial charge in [-0.25, -0.2) is 0 Å². The van der Waals surface area contributed by atoms with Crippen LogP contribution < -0.4 is 4.74 Å². The van der Waals surface area contributed by atoms with Crippen molar-refractivity contribution in [3.05, 3.63) is 47.3 Å². The molecule has 122 valence electrons. The zero-order chi connectivity index (χ0) is 16.2. The Morgan fingerprint density at radius 3 is 3.00 bits per heavy atom. The van der Waals surface area contributed by atoms with E-state index in [9.17, 15) is 4.79 Å². The summed E-state index contributed by atoms with van der Waals surface area (Å²) in [6.45, 7) is 2.67. The number of para-hydroxylation sites is 1. The highest BCUT2D eigenvalue weighted by Crippen LogP contribution is 2.32. The van der Waals surface area contributed by atoms with E-state index in [1.807, 2.05) is 42.2 Å². The van der Waals surface area contributed by atoms with E-state index < -0.39 is 0 Å². The topological polar surface area (TPSA) is 55.6 Å². The van der Waals surface area contributed by atoms with Gasteiger partial charge in [0.1, 0.15) is 17.2 Å². The molecule has 5 nitrogen and oxygen atoms in total. The standard InChI is InChI=1S/C18H22N2O3/c1-13-12-15(19-23-13)16-7-5-11-20(16)18(21)10-9-14-6-3-4-8-17(14)22-2/h3-4,6,8,12,16H,5,7,9-11H2,1-2H3/t16-/m1/s1. The van der Waals surface area contributed by atoms with Gasteiger partial charge in [-0.15, -0.1) is 0 Å². The maximum Gasteiger partial charge on any atom is 0.223 e. The predicted octanol–water partition coefficient (Wildman–Crippen LogP) is 3.29. The molecule has 2 heterocycles. The van der Waals surface area contributed by atoms with E-state index in [4.69, 9.17) is 9.26 Å². The lowest BCUT2D eigenvalue weighted by Crippen LogP contribution is -2.30. The third-order valence-corrected chi connectivity index (χ3v) is 4.36. The molecule has 3 rings (SSSR count). The highest BCUT2D eigenvalue weighted by molar-refractivity contribution is 5.77. The van der Waals surface area contributed by atoms with Gasteiger partial charge >= 0.3 is 0 Å². The Morgan fingerprint density at radius 2 is 2.26 bits per heavy atom. The fourth-order valence-electron chi connectivity index (χ4n) is 3.21. The van der Waals surface area contributed by atoms with Gasteiger partial charge < -0.3 is 14.2 Å². The van der Waals surface area contributed by atoms with Crippen molar-refractivity contribution in [3.63, 3.8) is 0 Å². The first-order valence-electron chi connectivity index (χ1n) is 8.03. The molecule has 23 heavy (non-hydrogen) atoms. The first-order valence-corrected chi connectivity index (χ1v) is 8.03. The molecule has 1 atom stereocenters. The molecule has 1 fully saturated rings. The fraction of sp³-hybridized carbons (Fsp3) is 0.444. The molecule has 5 heteroatoms. The number of methoxy groups -OCH3 is 1. The SMILES string of the molecule is COc1ccccc1CCC(=O)N1CCC[C@@H]1c1cc(C)on1. The van der Waals surface area contributed by atoms with Crippen LogP contribution in [-0.2, 0) is 11.2 Å². The van der Waals surface area contributed by atoms with Gasteiger partial charge in [0.2, 0.25) is 5.91 Å². The number of hydrogen-bond donors (Lipinski definition) is 0. The van der Waals surface area contributed by atoms with E-state index in [0.29, 0.717) is 12.8 Å². The first kappa shape index (κ1) is 15.6. The molecule has 1 saturated heterocycles. The minimum absolute atomic E-state index is 0.0534. The van der Waals surface area contributed by atoms with Gasteiger partial charge in [0.05, 0.1) is 13.2 Å². The van der Waals surface area contributed by atoms with Gasteiger partial charge in [0.15, 0.2) is 0 Å². The lowest BCUT2D eigenvalue weighted by atomic mass is 10.1. The molecule has 1 aromatic heterocycles. The van der Waals surface area contributed by atoms with Crippen LogP contribution in [-0.4, -0.2) is 29.6 Å². The minimum Gasteiger partial charge on any atom is -0.496 e. The highest BCUT2D eigenvalue weighted by atomic mass is 16.5. The normalized spacial score (nSPS) is 17.5. The third kappa shape index (κ3) is 3.38. The summed E-state index contributed by atoms with van der Waals surface area (Å²) in [5.41, 5.74) is 1.93. The van der Waals surface area contributed by atoms with Gasteiger partial charge in [0, 0.05) is 19.0 Å². The number of carbonyl (C=O) groups excluding carboxylic acids is 1. The molecule has 0 aliphatic carbocycles. The van der Waals surface area contributed by atoms with Crippen LogP contribution >= 0.6 is 0 Å². The second kappa shape index (κ2) is 6.86. The van der Waals surface area contributed by atoms with E-state index in [1.165, 1.54) is 0 Å². The van der Waals surface area contributed by atoms with Crippen molar-refractivity contribution in [1.82, 2.24) is 10.1 Å². The van der Waals surface area contributed by atoms with Crippen LogP contribution in [0.3, 0.4) is 0 Å². The smallest absolute Gasteiger partial charge is 0.223 e. The van der Waals surface area contributed by atoms with Crippen LogP contribution in [0, 0.1) is 6.92 Å². The summed E-state index contributed by atoms with van der Waals surface area (Å²) in [6, 6.07) is 9.83. The molecule has 0 bridgehead atoms. The van der Waals surface area contributed by atoms with Gasteiger partial charge in [-0.3, -0.25) is 4.79 Å². The van der Waals surface area contributed by atoms with E-state index in [0.717, 1.165) is 42.2 Å². The lowest BCUT2D eigenvalue weighted by Gasteiger charge is -2.23.